The van der Waals surface area contributed by atoms with Gasteiger partial charge in [0.05, 0.1) is 11.5 Å². The summed E-state index contributed by atoms with van der Waals surface area (Å²) in [5, 5.41) is 8.62. The molecule has 1 nitrogen and oxygen atoms in total. The van der Waals surface area contributed by atoms with Gasteiger partial charge in [0.15, 0.2) is 0 Å². The number of thioether (sulfide) groups is 1. The number of aliphatic hydroxyl groups excluding tert-OH is 1. The summed E-state index contributed by atoms with van der Waals surface area (Å²) in [7, 11) is 0. The van der Waals surface area contributed by atoms with E-state index in [-0.39, 0.29) is 6.61 Å². The van der Waals surface area contributed by atoms with Crippen molar-refractivity contribution in [3.05, 3.63) is 21.9 Å². The molecule has 1 aromatic rings. The van der Waals surface area contributed by atoms with Gasteiger partial charge in [0, 0.05) is 17.1 Å². The van der Waals surface area contributed by atoms with Crippen LogP contribution in [0.1, 0.15) is 30.0 Å². The van der Waals surface area contributed by atoms with Crippen molar-refractivity contribution in [1.29, 1.82) is 0 Å². The predicted octanol–water partition coefficient (Wildman–Crippen LogP) is 3.37. The fourth-order valence-electron chi connectivity index (χ4n) is 1.12. The van der Waals surface area contributed by atoms with Crippen LogP contribution in [0.25, 0.3) is 0 Å². The third-order valence-electron chi connectivity index (χ3n) is 1.81. The van der Waals surface area contributed by atoms with Crippen molar-refractivity contribution in [3.8, 4) is 11.8 Å². The van der Waals surface area contributed by atoms with Crippen LogP contribution in [-0.2, 0) is 5.75 Å². The first-order chi connectivity index (χ1) is 7.72. The van der Waals surface area contributed by atoms with Gasteiger partial charge in [-0.1, -0.05) is 25.7 Å². The quantitative estimate of drug-likeness (QED) is 0.813. The molecule has 1 heterocycles. The predicted molar refractivity (Wildman–Crippen MR) is 73.9 cm³/mol. The molecule has 1 aromatic heterocycles. The van der Waals surface area contributed by atoms with Gasteiger partial charge in [0.25, 0.3) is 0 Å². The molecule has 16 heavy (non-hydrogen) atoms. The first kappa shape index (κ1) is 13.6. The minimum Gasteiger partial charge on any atom is -0.395 e. The molecular formula is C13H18OS2. The zero-order valence-electron chi connectivity index (χ0n) is 9.82. The van der Waals surface area contributed by atoms with E-state index in [9.17, 15) is 0 Å². The van der Waals surface area contributed by atoms with Crippen molar-refractivity contribution in [1.82, 2.24) is 0 Å². The molecule has 3 heteroatoms. The Hall–Kier alpha value is -0.430. The van der Waals surface area contributed by atoms with Gasteiger partial charge in [-0.3, -0.25) is 0 Å². The van der Waals surface area contributed by atoms with E-state index in [4.69, 9.17) is 5.11 Å². The van der Waals surface area contributed by atoms with Gasteiger partial charge in [-0.05, 0) is 23.8 Å². The fraction of sp³-hybridized carbons (Fsp3) is 0.538. The monoisotopic (exact) mass is 254 g/mol. The Morgan fingerprint density at radius 3 is 2.94 bits per heavy atom. The normalized spacial score (nSPS) is 10.2. The molecule has 0 aliphatic rings. The molecule has 0 unspecified atom stereocenters. The van der Waals surface area contributed by atoms with Gasteiger partial charge in [-0.25, -0.2) is 0 Å². The molecule has 0 bridgehead atoms. The van der Waals surface area contributed by atoms with Crippen LogP contribution in [0.4, 0.5) is 0 Å². The molecule has 0 saturated carbocycles. The van der Waals surface area contributed by atoms with E-state index >= 15 is 0 Å². The highest BCUT2D eigenvalue weighted by Crippen LogP contribution is 2.22. The Balaban J connectivity index is 2.37. The first-order valence-corrected chi connectivity index (χ1v) is 7.45. The van der Waals surface area contributed by atoms with Crippen molar-refractivity contribution in [3.63, 3.8) is 0 Å². The number of hydrogen-bond donors (Lipinski definition) is 1. The Morgan fingerprint density at radius 2 is 2.25 bits per heavy atom. The van der Waals surface area contributed by atoms with Crippen LogP contribution in [0.5, 0.6) is 0 Å². The molecule has 0 radical (unpaired) electrons. The van der Waals surface area contributed by atoms with Crippen molar-refractivity contribution < 1.29 is 5.11 Å². The maximum Gasteiger partial charge on any atom is 0.0771 e. The summed E-state index contributed by atoms with van der Waals surface area (Å²) in [4.78, 5) is 2.49. The first-order valence-electron chi connectivity index (χ1n) is 5.48. The van der Waals surface area contributed by atoms with Crippen LogP contribution in [-0.4, -0.2) is 17.5 Å². The number of hydrogen-bond acceptors (Lipinski definition) is 3. The Labute approximate surface area is 106 Å². The minimum atomic E-state index is 0.148. The molecule has 0 saturated heterocycles. The molecule has 0 aliphatic carbocycles. The smallest absolute Gasteiger partial charge is 0.0771 e. The summed E-state index contributed by atoms with van der Waals surface area (Å²) in [5.41, 5.74) is 0. The highest BCUT2D eigenvalue weighted by Gasteiger charge is 1.99. The van der Waals surface area contributed by atoms with Crippen molar-refractivity contribution in [2.75, 3.05) is 12.4 Å². The number of thiophene rings is 1. The van der Waals surface area contributed by atoms with Gasteiger partial charge >= 0.3 is 0 Å². The largest absolute Gasteiger partial charge is 0.395 e. The summed E-state index contributed by atoms with van der Waals surface area (Å²) >= 11 is 3.74. The lowest BCUT2D eigenvalue weighted by molar-refractivity contribution is 0.305. The van der Waals surface area contributed by atoms with E-state index in [1.165, 1.54) is 10.6 Å². The van der Waals surface area contributed by atoms with Crippen LogP contribution in [0.2, 0.25) is 0 Å². The maximum absolute atomic E-state index is 8.62. The highest BCUT2D eigenvalue weighted by molar-refractivity contribution is 7.98. The Kier molecular flexibility index (Phi) is 6.63. The van der Waals surface area contributed by atoms with Gasteiger partial charge < -0.3 is 5.11 Å². The molecule has 0 atom stereocenters. The van der Waals surface area contributed by atoms with Crippen LogP contribution in [0.15, 0.2) is 12.1 Å². The second-order valence-electron chi connectivity index (χ2n) is 3.95. The lowest BCUT2D eigenvalue weighted by Crippen LogP contribution is -1.90. The average molecular weight is 254 g/mol. The zero-order valence-corrected chi connectivity index (χ0v) is 11.5. The topological polar surface area (TPSA) is 20.2 Å². The van der Waals surface area contributed by atoms with E-state index < -0.39 is 0 Å². The van der Waals surface area contributed by atoms with Gasteiger partial charge in [0.1, 0.15) is 0 Å². The third kappa shape index (κ3) is 5.60. The lowest BCUT2D eigenvalue weighted by Gasteiger charge is -2.01. The molecule has 88 valence electrons. The van der Waals surface area contributed by atoms with Gasteiger partial charge in [0.2, 0.25) is 0 Å². The third-order valence-corrected chi connectivity index (χ3v) is 4.41. The number of aliphatic hydroxyl groups is 1. The van der Waals surface area contributed by atoms with Crippen LogP contribution in [0, 0.1) is 17.8 Å². The van der Waals surface area contributed by atoms with E-state index in [1.807, 2.05) is 11.8 Å². The van der Waals surface area contributed by atoms with Gasteiger partial charge in [-0.2, -0.15) is 11.8 Å². The van der Waals surface area contributed by atoms with E-state index in [1.54, 1.807) is 11.3 Å². The Bertz CT molecular complexity index is 357. The Morgan fingerprint density at radius 1 is 1.44 bits per heavy atom. The fourth-order valence-corrected chi connectivity index (χ4v) is 3.17. The summed E-state index contributed by atoms with van der Waals surface area (Å²) in [6.07, 6.45) is 0.565. The molecule has 1 N–H and O–H groups in total. The molecule has 0 fully saturated rings. The molecule has 0 aromatic carbocycles. The lowest BCUT2D eigenvalue weighted by atomic mass is 10.3. The maximum atomic E-state index is 8.62. The summed E-state index contributed by atoms with van der Waals surface area (Å²) in [5.74, 6) is 9.06. The molecule has 0 aliphatic heterocycles. The SMILES string of the molecule is CC(C)CSCc1ccc(C#CCCO)s1. The molecule has 0 spiro atoms. The van der Waals surface area contributed by atoms with Crippen molar-refractivity contribution in [2.24, 2.45) is 5.92 Å². The van der Waals surface area contributed by atoms with Crippen LogP contribution in [0.3, 0.4) is 0 Å². The zero-order chi connectivity index (χ0) is 11.8. The second kappa shape index (κ2) is 7.78. The van der Waals surface area contributed by atoms with Crippen LogP contribution >= 0.6 is 23.1 Å². The molecule has 0 amide bonds. The van der Waals surface area contributed by atoms with Crippen molar-refractivity contribution >= 4 is 23.1 Å². The number of rotatable bonds is 5. The second-order valence-corrected chi connectivity index (χ2v) is 6.15. The molecular weight excluding hydrogens is 236 g/mol. The highest BCUT2D eigenvalue weighted by atomic mass is 32.2. The average Bonchev–Trinajstić information content (AvgIpc) is 2.66. The summed E-state index contributed by atoms with van der Waals surface area (Å²) in [6.45, 7) is 4.63. The van der Waals surface area contributed by atoms with Crippen molar-refractivity contribution in [2.45, 2.75) is 26.0 Å². The van der Waals surface area contributed by atoms with Crippen LogP contribution < -0.4 is 0 Å². The summed E-state index contributed by atoms with van der Waals surface area (Å²) in [6, 6.07) is 4.22. The standard InChI is InChI=1S/C13H18OS2/c1-11(2)9-15-10-13-7-6-12(16-13)5-3-4-8-14/h6-7,11,14H,4,8-10H2,1-2H3. The van der Waals surface area contributed by atoms with Gasteiger partial charge in [-0.15, -0.1) is 11.3 Å². The minimum absolute atomic E-state index is 0.148. The molecule has 1 rings (SSSR count). The van der Waals surface area contributed by atoms with E-state index in [2.05, 4.69) is 37.8 Å². The van der Waals surface area contributed by atoms with E-state index in [0.29, 0.717) is 6.42 Å². The van der Waals surface area contributed by atoms with E-state index in [0.717, 1.165) is 16.5 Å². The summed E-state index contributed by atoms with van der Waals surface area (Å²) < 4.78 is 0.